The van der Waals surface area contributed by atoms with E-state index >= 15 is 0 Å². The summed E-state index contributed by atoms with van der Waals surface area (Å²) in [5.74, 6) is 1.07. The molecule has 1 nitrogen and oxygen atoms in total. The van der Waals surface area contributed by atoms with Crippen molar-refractivity contribution in [3.63, 3.8) is 0 Å². The number of rotatable bonds is 6. The van der Waals surface area contributed by atoms with Gasteiger partial charge < -0.3 is 4.42 Å². The summed E-state index contributed by atoms with van der Waals surface area (Å²) in [6.07, 6.45) is 7.63. The molecular weight excluding hydrogens is 180 g/mol. The predicted molar refractivity (Wildman–Crippen MR) is 58.4 cm³/mol. The smallest absolute Gasteiger partial charge is 0.157 e. The Morgan fingerprint density at radius 1 is 1.15 bits per heavy atom. The van der Waals surface area contributed by atoms with Crippen LogP contribution in [0.4, 0.5) is 0 Å². The second-order valence-electron chi connectivity index (χ2n) is 3.40. The van der Waals surface area contributed by atoms with Gasteiger partial charge in [0, 0.05) is 6.42 Å². The van der Waals surface area contributed by atoms with Crippen molar-refractivity contribution in [2.75, 3.05) is 0 Å². The van der Waals surface area contributed by atoms with E-state index in [-0.39, 0.29) is 0 Å². The van der Waals surface area contributed by atoms with Crippen LogP contribution in [-0.4, -0.2) is 0 Å². The van der Waals surface area contributed by atoms with Crippen molar-refractivity contribution in [1.82, 2.24) is 0 Å². The Hall–Kier alpha value is -0.370. The molecule has 0 radical (unpaired) electrons. The van der Waals surface area contributed by atoms with Crippen LogP contribution in [0, 0.1) is 0 Å². The molecule has 2 heteroatoms. The van der Waals surface area contributed by atoms with Crippen LogP contribution in [0.25, 0.3) is 0 Å². The van der Waals surface area contributed by atoms with Crippen LogP contribution < -0.4 is 0 Å². The van der Waals surface area contributed by atoms with Gasteiger partial charge in [0.1, 0.15) is 5.76 Å². The lowest BCUT2D eigenvalue weighted by atomic mass is 10.1. The lowest BCUT2D eigenvalue weighted by Crippen LogP contribution is -1.82. The van der Waals surface area contributed by atoms with Gasteiger partial charge in [-0.3, -0.25) is 0 Å². The van der Waals surface area contributed by atoms with Crippen molar-refractivity contribution in [3.8, 4) is 0 Å². The van der Waals surface area contributed by atoms with Gasteiger partial charge in [-0.25, -0.2) is 0 Å². The molecule has 0 bridgehead atoms. The first-order chi connectivity index (χ1) is 6.33. The maximum absolute atomic E-state index is 5.35. The topological polar surface area (TPSA) is 13.1 Å². The third-order valence-electron chi connectivity index (χ3n) is 2.17. The number of furan rings is 1. The van der Waals surface area contributed by atoms with Gasteiger partial charge >= 0.3 is 0 Å². The number of hydrogen-bond donors (Lipinski definition) is 1. The van der Waals surface area contributed by atoms with Crippen molar-refractivity contribution in [2.45, 2.75) is 50.5 Å². The van der Waals surface area contributed by atoms with Crippen LogP contribution in [0.15, 0.2) is 21.6 Å². The summed E-state index contributed by atoms with van der Waals surface area (Å²) in [5.41, 5.74) is 0. The minimum Gasteiger partial charge on any atom is -0.455 e. The molecule has 0 fully saturated rings. The quantitative estimate of drug-likeness (QED) is 0.537. The van der Waals surface area contributed by atoms with Crippen LogP contribution in [-0.2, 0) is 6.42 Å². The molecule has 0 N–H and O–H groups in total. The van der Waals surface area contributed by atoms with Crippen molar-refractivity contribution in [2.24, 2.45) is 0 Å². The zero-order valence-electron chi connectivity index (χ0n) is 8.25. The molecule has 0 atom stereocenters. The van der Waals surface area contributed by atoms with E-state index in [0.29, 0.717) is 0 Å². The van der Waals surface area contributed by atoms with Crippen molar-refractivity contribution >= 4 is 12.6 Å². The molecule has 74 valence electrons. The summed E-state index contributed by atoms with van der Waals surface area (Å²) in [7, 11) is 0. The van der Waals surface area contributed by atoms with E-state index in [9.17, 15) is 0 Å². The van der Waals surface area contributed by atoms with E-state index in [0.717, 1.165) is 17.3 Å². The van der Waals surface area contributed by atoms with Gasteiger partial charge in [-0.1, -0.05) is 32.6 Å². The van der Waals surface area contributed by atoms with Crippen molar-refractivity contribution < 1.29 is 4.42 Å². The molecule has 0 aliphatic rings. The fourth-order valence-electron chi connectivity index (χ4n) is 1.40. The molecule has 0 saturated heterocycles. The molecule has 0 aromatic carbocycles. The first-order valence-corrected chi connectivity index (χ1v) is 5.55. The second kappa shape index (κ2) is 6.14. The Labute approximate surface area is 85.9 Å². The molecule has 0 unspecified atom stereocenters. The van der Waals surface area contributed by atoms with Gasteiger partial charge in [-0.15, -0.1) is 12.6 Å². The van der Waals surface area contributed by atoms with Gasteiger partial charge in [0.2, 0.25) is 0 Å². The van der Waals surface area contributed by atoms with Crippen LogP contribution >= 0.6 is 12.6 Å². The number of aryl methyl sites for hydroxylation is 1. The minimum absolute atomic E-state index is 0.726. The molecule has 0 aliphatic carbocycles. The fourth-order valence-corrected chi connectivity index (χ4v) is 1.60. The zero-order chi connectivity index (χ0) is 9.52. The first kappa shape index (κ1) is 10.7. The first-order valence-electron chi connectivity index (χ1n) is 5.10. The molecular formula is C11H18OS. The van der Waals surface area contributed by atoms with E-state index < -0.39 is 0 Å². The van der Waals surface area contributed by atoms with Gasteiger partial charge in [-0.2, -0.15) is 0 Å². The molecule has 0 saturated carbocycles. The minimum atomic E-state index is 0.726. The third kappa shape index (κ3) is 4.41. The highest BCUT2D eigenvalue weighted by molar-refractivity contribution is 7.80. The number of hydrogen-bond acceptors (Lipinski definition) is 2. The van der Waals surface area contributed by atoms with Crippen LogP contribution in [0.3, 0.4) is 0 Å². The Bertz CT molecular complexity index is 230. The fraction of sp³-hybridized carbons (Fsp3) is 0.636. The van der Waals surface area contributed by atoms with E-state index in [1.807, 2.05) is 12.1 Å². The van der Waals surface area contributed by atoms with Crippen LogP contribution in [0.2, 0.25) is 0 Å². The van der Waals surface area contributed by atoms with Crippen LogP contribution in [0.1, 0.15) is 44.8 Å². The average molecular weight is 198 g/mol. The molecule has 1 heterocycles. The molecule has 1 aromatic rings. The number of thiol groups is 1. The SMILES string of the molecule is CCCCCCCc1ccc(S)o1. The van der Waals surface area contributed by atoms with Gasteiger partial charge in [-0.05, 0) is 18.6 Å². The normalized spacial score (nSPS) is 10.6. The van der Waals surface area contributed by atoms with Crippen LogP contribution in [0.5, 0.6) is 0 Å². The molecule has 0 spiro atoms. The van der Waals surface area contributed by atoms with Gasteiger partial charge in [0.05, 0.1) is 0 Å². The summed E-state index contributed by atoms with van der Waals surface area (Å²) < 4.78 is 5.35. The summed E-state index contributed by atoms with van der Waals surface area (Å²) >= 11 is 4.12. The zero-order valence-corrected chi connectivity index (χ0v) is 9.15. The highest BCUT2D eigenvalue weighted by Crippen LogP contribution is 2.14. The monoisotopic (exact) mass is 198 g/mol. The van der Waals surface area contributed by atoms with E-state index in [1.54, 1.807) is 0 Å². The summed E-state index contributed by atoms with van der Waals surface area (Å²) in [4.78, 5) is 0. The molecule has 0 amide bonds. The summed E-state index contributed by atoms with van der Waals surface area (Å²) in [6.45, 7) is 2.24. The van der Waals surface area contributed by atoms with Gasteiger partial charge in [0.15, 0.2) is 5.09 Å². The number of unbranched alkanes of at least 4 members (excludes halogenated alkanes) is 4. The Morgan fingerprint density at radius 3 is 2.54 bits per heavy atom. The maximum atomic E-state index is 5.35. The second-order valence-corrected chi connectivity index (χ2v) is 3.84. The summed E-state index contributed by atoms with van der Waals surface area (Å²) in [6, 6.07) is 3.92. The van der Waals surface area contributed by atoms with Crippen molar-refractivity contribution in [1.29, 1.82) is 0 Å². The summed E-state index contributed by atoms with van der Waals surface area (Å²) in [5, 5.41) is 0.726. The van der Waals surface area contributed by atoms with Crippen molar-refractivity contribution in [3.05, 3.63) is 17.9 Å². The lowest BCUT2D eigenvalue weighted by molar-refractivity contribution is 0.425. The highest BCUT2D eigenvalue weighted by Gasteiger charge is 1.98. The third-order valence-corrected chi connectivity index (χ3v) is 2.41. The molecule has 0 aliphatic heterocycles. The Kier molecular flexibility index (Phi) is 5.06. The standard InChI is InChI=1S/C11H18OS/c1-2-3-4-5-6-7-10-8-9-11(13)12-10/h8-9,13H,2-7H2,1H3. The molecule has 13 heavy (non-hydrogen) atoms. The lowest BCUT2D eigenvalue weighted by Gasteiger charge is -1.97. The largest absolute Gasteiger partial charge is 0.455 e. The van der Waals surface area contributed by atoms with Gasteiger partial charge in [0.25, 0.3) is 0 Å². The van der Waals surface area contributed by atoms with E-state index in [4.69, 9.17) is 4.42 Å². The average Bonchev–Trinajstić information content (AvgIpc) is 2.51. The predicted octanol–water partition coefficient (Wildman–Crippen LogP) is 4.08. The molecule has 1 aromatic heterocycles. The molecule has 1 rings (SSSR count). The Morgan fingerprint density at radius 2 is 1.92 bits per heavy atom. The van der Waals surface area contributed by atoms with E-state index in [1.165, 1.54) is 32.1 Å². The maximum Gasteiger partial charge on any atom is 0.157 e. The van der Waals surface area contributed by atoms with E-state index in [2.05, 4.69) is 19.6 Å². The Balaban J connectivity index is 2.06. The highest BCUT2D eigenvalue weighted by atomic mass is 32.1.